The largest absolute Gasteiger partial charge is 0.472 e. The summed E-state index contributed by atoms with van der Waals surface area (Å²) in [4.78, 5) is 72.9. The Balaban J connectivity index is 5.17. The minimum Gasteiger partial charge on any atom is -0.462 e. The Morgan fingerprint density at radius 3 is 0.752 bits per heavy atom. The van der Waals surface area contributed by atoms with E-state index in [0.29, 0.717) is 25.7 Å². The molecule has 0 amide bonds. The second-order valence-electron chi connectivity index (χ2n) is 30.2. The molecule has 17 nitrogen and oxygen atoms in total. The summed E-state index contributed by atoms with van der Waals surface area (Å²) in [6, 6.07) is 0. The number of aliphatic hydroxyl groups excluding tert-OH is 1. The maximum absolute atomic E-state index is 13.1. The van der Waals surface area contributed by atoms with Gasteiger partial charge >= 0.3 is 39.5 Å². The third kappa shape index (κ3) is 74.7. The van der Waals surface area contributed by atoms with Crippen LogP contribution in [0.2, 0.25) is 0 Å². The molecule has 0 spiro atoms. The summed E-state index contributed by atoms with van der Waals surface area (Å²) in [5, 5.41) is 10.6. The molecule has 0 aromatic heterocycles. The van der Waals surface area contributed by atoms with E-state index < -0.39 is 97.5 Å². The number of hydrogen-bond acceptors (Lipinski definition) is 15. The highest BCUT2D eigenvalue weighted by Gasteiger charge is 2.30. The summed E-state index contributed by atoms with van der Waals surface area (Å²) in [5.41, 5.74) is 0. The van der Waals surface area contributed by atoms with Crippen LogP contribution in [0, 0.1) is 11.8 Å². The van der Waals surface area contributed by atoms with Gasteiger partial charge in [-0.15, -0.1) is 0 Å². The number of phosphoric acid groups is 2. The smallest absolute Gasteiger partial charge is 0.462 e. The maximum atomic E-state index is 13.1. The molecule has 0 saturated heterocycles. The normalized spacial score (nSPS) is 14.2. The Kier molecular flexibility index (Phi) is 72.2. The van der Waals surface area contributed by atoms with Crippen LogP contribution < -0.4 is 0 Å². The molecule has 0 aliphatic heterocycles. The van der Waals surface area contributed by atoms with Gasteiger partial charge in [-0.2, -0.15) is 0 Å². The van der Waals surface area contributed by atoms with Crippen molar-refractivity contribution in [3.8, 4) is 0 Å². The lowest BCUT2D eigenvalue weighted by molar-refractivity contribution is -0.161. The van der Waals surface area contributed by atoms with E-state index in [4.69, 9.17) is 37.0 Å². The van der Waals surface area contributed by atoms with Crippen LogP contribution >= 0.6 is 15.6 Å². The van der Waals surface area contributed by atoms with Gasteiger partial charge in [0.15, 0.2) is 12.2 Å². The molecule has 0 aliphatic rings. The first kappa shape index (κ1) is 99.1. The van der Waals surface area contributed by atoms with Crippen molar-refractivity contribution in [1.29, 1.82) is 0 Å². The minimum atomic E-state index is -4.96. The number of esters is 4. The minimum absolute atomic E-state index is 0.108. The lowest BCUT2D eigenvalue weighted by Gasteiger charge is -2.21. The molecule has 0 bridgehead atoms. The Bertz CT molecular complexity index is 1940. The molecule has 0 fully saturated rings. The van der Waals surface area contributed by atoms with Crippen molar-refractivity contribution >= 4 is 39.5 Å². The van der Waals surface area contributed by atoms with Gasteiger partial charge in [-0.25, -0.2) is 9.13 Å². The number of rotatable bonds is 81. The van der Waals surface area contributed by atoms with E-state index in [1.165, 1.54) is 238 Å². The lowest BCUT2D eigenvalue weighted by atomic mass is 9.99. The van der Waals surface area contributed by atoms with Gasteiger partial charge < -0.3 is 33.8 Å². The van der Waals surface area contributed by atoms with Gasteiger partial charge in [0.05, 0.1) is 26.4 Å². The molecule has 0 radical (unpaired) electrons. The molecule has 600 valence electrons. The van der Waals surface area contributed by atoms with E-state index in [9.17, 15) is 43.2 Å². The molecule has 101 heavy (non-hydrogen) atoms. The molecule has 0 aromatic carbocycles. The third-order valence-corrected chi connectivity index (χ3v) is 21.5. The number of hydrogen-bond donors (Lipinski definition) is 3. The number of carbonyl (C=O) groups excluding carboxylic acids is 4. The van der Waals surface area contributed by atoms with Crippen molar-refractivity contribution < 1.29 is 80.2 Å². The summed E-state index contributed by atoms with van der Waals surface area (Å²) in [5.74, 6) is -0.458. The summed E-state index contributed by atoms with van der Waals surface area (Å²) in [7, 11) is -9.92. The zero-order chi connectivity index (χ0) is 74.2. The van der Waals surface area contributed by atoms with Gasteiger partial charge in [0, 0.05) is 25.7 Å². The van der Waals surface area contributed by atoms with Crippen LogP contribution in [-0.2, 0) is 65.4 Å². The van der Waals surface area contributed by atoms with Crippen LogP contribution in [0.4, 0.5) is 0 Å². The molecule has 3 unspecified atom stereocenters. The highest BCUT2D eigenvalue weighted by molar-refractivity contribution is 7.47. The average Bonchev–Trinajstić information content (AvgIpc) is 1.01. The van der Waals surface area contributed by atoms with Crippen LogP contribution in [0.1, 0.15) is 433 Å². The molecular weight excluding hydrogens is 1320 g/mol. The number of phosphoric ester groups is 2. The maximum Gasteiger partial charge on any atom is 0.472 e. The highest BCUT2D eigenvalue weighted by Crippen LogP contribution is 2.45. The molecule has 0 rings (SSSR count). The van der Waals surface area contributed by atoms with Crippen molar-refractivity contribution in [2.24, 2.45) is 11.8 Å². The van der Waals surface area contributed by atoms with Crippen LogP contribution in [0.3, 0.4) is 0 Å². The van der Waals surface area contributed by atoms with Crippen molar-refractivity contribution in [1.82, 2.24) is 0 Å². The molecule has 0 aliphatic carbocycles. The van der Waals surface area contributed by atoms with Gasteiger partial charge in [0.1, 0.15) is 19.3 Å². The quantitative estimate of drug-likeness (QED) is 0.0222. The molecule has 6 atom stereocenters. The second-order valence-corrected chi connectivity index (χ2v) is 33.1. The molecule has 19 heteroatoms. The zero-order valence-electron chi connectivity index (χ0n) is 66.2. The van der Waals surface area contributed by atoms with Gasteiger partial charge in [-0.05, 0) is 37.5 Å². The van der Waals surface area contributed by atoms with Crippen molar-refractivity contribution in [2.75, 3.05) is 39.6 Å². The lowest BCUT2D eigenvalue weighted by Crippen LogP contribution is -2.30. The van der Waals surface area contributed by atoms with E-state index in [1.54, 1.807) is 0 Å². The molecule has 0 aromatic rings. The number of carbonyl (C=O) groups is 4. The van der Waals surface area contributed by atoms with Gasteiger partial charge in [0.2, 0.25) is 0 Å². The summed E-state index contributed by atoms with van der Waals surface area (Å²) in [6.07, 6.45) is 63.9. The summed E-state index contributed by atoms with van der Waals surface area (Å²) >= 11 is 0. The fourth-order valence-corrected chi connectivity index (χ4v) is 14.3. The van der Waals surface area contributed by atoms with Crippen LogP contribution in [0.5, 0.6) is 0 Å². The Morgan fingerprint density at radius 2 is 0.505 bits per heavy atom. The highest BCUT2D eigenvalue weighted by atomic mass is 31.2. The van der Waals surface area contributed by atoms with E-state index in [0.717, 1.165) is 115 Å². The Morgan fingerprint density at radius 1 is 0.287 bits per heavy atom. The summed E-state index contributed by atoms with van der Waals surface area (Å²) < 4.78 is 68.7. The average molecular weight is 1480 g/mol. The molecule has 0 heterocycles. The van der Waals surface area contributed by atoms with E-state index >= 15 is 0 Å². The summed E-state index contributed by atoms with van der Waals surface area (Å²) in [6.45, 7) is 9.69. The van der Waals surface area contributed by atoms with E-state index in [-0.39, 0.29) is 25.7 Å². The van der Waals surface area contributed by atoms with Gasteiger partial charge in [-0.1, -0.05) is 382 Å². The standard InChI is InChI=1S/C82H160O17P2/c1-7-10-12-14-16-17-18-19-20-21-22-25-32-37-42-48-54-60-66-81(86)98-77(70-92-79(84)64-58-52-44-15-13-11-8-2)72-96-100(88,89)94-68-76(83)69-95-101(90,91)97-73-78(99-82(87)67-61-55-49-43-38-33-26-23-24-29-34-39-45-50-56-62-74(4)5)71-93-80(85)65-59-53-47-41-36-31-28-27-30-35-40-46-51-57-63-75(6)9-3/h74-78,83H,7-73H2,1-6H3,(H,88,89)(H,90,91)/t75?,76-,77+,78+/m0/s1. The van der Waals surface area contributed by atoms with Crippen LogP contribution in [0.25, 0.3) is 0 Å². The van der Waals surface area contributed by atoms with Crippen molar-refractivity contribution in [3.63, 3.8) is 0 Å². The third-order valence-electron chi connectivity index (χ3n) is 19.6. The number of unbranched alkanes of at least 4 members (excludes halogenated alkanes) is 50. The molecular formula is C82H160O17P2. The fourth-order valence-electron chi connectivity index (χ4n) is 12.7. The van der Waals surface area contributed by atoms with Crippen molar-refractivity contribution in [3.05, 3.63) is 0 Å². The molecule has 0 saturated carbocycles. The first-order chi connectivity index (χ1) is 48.9. The predicted octanol–water partition coefficient (Wildman–Crippen LogP) is 24.7. The van der Waals surface area contributed by atoms with E-state index in [1.807, 2.05) is 0 Å². The van der Waals surface area contributed by atoms with E-state index in [2.05, 4.69) is 41.5 Å². The SMILES string of the molecule is CCCCCCCCCCCCCCCCCCCCC(=O)O[C@H](COC(=O)CCCCCCCCC)COP(=O)(O)OC[C@H](O)COP(=O)(O)OC[C@@H](COC(=O)CCCCCCCCCCCCCCCCC(C)CC)OC(=O)CCCCCCCCCCCCCCCCCC(C)C. The molecule has 3 N–H and O–H groups in total. The number of aliphatic hydroxyl groups is 1. The first-order valence-corrected chi connectivity index (χ1v) is 45.5. The van der Waals surface area contributed by atoms with Gasteiger partial charge in [0.25, 0.3) is 0 Å². The topological polar surface area (TPSA) is 237 Å². The van der Waals surface area contributed by atoms with Gasteiger partial charge in [-0.3, -0.25) is 37.3 Å². The first-order valence-electron chi connectivity index (χ1n) is 42.5. The van der Waals surface area contributed by atoms with Crippen molar-refractivity contribution in [2.45, 2.75) is 452 Å². The second kappa shape index (κ2) is 73.6. The number of ether oxygens (including phenoxy) is 4. The fraction of sp³-hybridized carbons (Fsp3) is 0.951. The Labute approximate surface area is 619 Å². The zero-order valence-corrected chi connectivity index (χ0v) is 68.0. The Hall–Kier alpha value is -1.94. The predicted molar refractivity (Wildman–Crippen MR) is 414 cm³/mol. The van der Waals surface area contributed by atoms with Crippen LogP contribution in [-0.4, -0.2) is 96.7 Å². The monoisotopic (exact) mass is 1480 g/mol. The van der Waals surface area contributed by atoms with Crippen LogP contribution in [0.15, 0.2) is 0 Å².